The molecule has 0 radical (unpaired) electrons. The van der Waals surface area contributed by atoms with E-state index in [1.807, 2.05) is 0 Å². The van der Waals surface area contributed by atoms with E-state index in [2.05, 4.69) is 182 Å². The summed E-state index contributed by atoms with van der Waals surface area (Å²) in [6.45, 7) is 0. The predicted octanol–water partition coefficient (Wildman–Crippen LogP) is 11.6. The quantitative estimate of drug-likeness (QED) is 0.183. The van der Waals surface area contributed by atoms with Crippen LogP contribution in [0.15, 0.2) is 182 Å². The minimum atomic E-state index is -0.449. The molecule has 0 saturated heterocycles. The van der Waals surface area contributed by atoms with E-state index in [-0.39, 0.29) is 0 Å². The van der Waals surface area contributed by atoms with E-state index < -0.39 is 5.41 Å². The molecule has 8 aromatic carbocycles. The van der Waals surface area contributed by atoms with Gasteiger partial charge in [0.2, 0.25) is 0 Å². The lowest BCUT2D eigenvalue weighted by Gasteiger charge is -2.34. The van der Waals surface area contributed by atoms with Gasteiger partial charge in [0.05, 0.1) is 27.8 Å². The zero-order valence-corrected chi connectivity index (χ0v) is 26.7. The second kappa shape index (κ2) is 10.8. The van der Waals surface area contributed by atoms with Crippen molar-refractivity contribution in [1.82, 2.24) is 9.97 Å². The minimum Gasteiger partial charge on any atom is -0.244 e. The number of rotatable bonds is 4. The summed E-state index contributed by atoms with van der Waals surface area (Å²) >= 11 is 0. The Kier molecular flexibility index (Phi) is 6.13. The Morgan fingerprint density at radius 1 is 0.367 bits per heavy atom. The smallest absolute Gasteiger partial charge is 0.0979 e. The number of hydrogen-bond donors (Lipinski definition) is 0. The van der Waals surface area contributed by atoms with Gasteiger partial charge in [-0.25, -0.2) is 9.97 Å². The molecule has 2 nitrogen and oxygen atoms in total. The second-order valence-corrected chi connectivity index (χ2v) is 12.9. The topological polar surface area (TPSA) is 25.8 Å². The SMILES string of the molecule is c1ccc(-c2nc3ccc4ccccc4c3nc2-c2cccc3cc4c(cc23)-c2ccccc2C4(c2ccccc2)c2ccccc2)cc1. The van der Waals surface area contributed by atoms with Crippen LogP contribution in [0.3, 0.4) is 0 Å². The van der Waals surface area contributed by atoms with Crippen molar-refractivity contribution < 1.29 is 0 Å². The van der Waals surface area contributed by atoms with Crippen LogP contribution >= 0.6 is 0 Å². The molecule has 9 aromatic rings. The summed E-state index contributed by atoms with van der Waals surface area (Å²) in [6.07, 6.45) is 0. The lowest BCUT2D eigenvalue weighted by Crippen LogP contribution is -2.28. The van der Waals surface area contributed by atoms with Gasteiger partial charge in [-0.1, -0.05) is 164 Å². The molecule has 1 heterocycles. The van der Waals surface area contributed by atoms with Gasteiger partial charge in [0.15, 0.2) is 0 Å². The van der Waals surface area contributed by atoms with Gasteiger partial charge in [-0.15, -0.1) is 0 Å². The van der Waals surface area contributed by atoms with Crippen LogP contribution in [0.4, 0.5) is 0 Å². The summed E-state index contributed by atoms with van der Waals surface area (Å²) < 4.78 is 0. The molecule has 1 aliphatic carbocycles. The van der Waals surface area contributed by atoms with E-state index in [1.54, 1.807) is 0 Å². The summed E-state index contributed by atoms with van der Waals surface area (Å²) in [5.74, 6) is 0. The molecule has 0 aliphatic heterocycles. The van der Waals surface area contributed by atoms with E-state index in [1.165, 1.54) is 44.2 Å². The Bertz CT molecular complexity index is 2660. The Labute approximate surface area is 285 Å². The van der Waals surface area contributed by atoms with Crippen molar-refractivity contribution in [2.45, 2.75) is 5.41 Å². The highest BCUT2D eigenvalue weighted by molar-refractivity contribution is 6.08. The maximum Gasteiger partial charge on any atom is 0.0979 e. The fourth-order valence-corrected chi connectivity index (χ4v) is 8.19. The van der Waals surface area contributed by atoms with E-state index in [4.69, 9.17) is 9.97 Å². The van der Waals surface area contributed by atoms with E-state index in [9.17, 15) is 0 Å². The Balaban J connectivity index is 1.31. The first-order valence-corrected chi connectivity index (χ1v) is 16.8. The third kappa shape index (κ3) is 4.07. The van der Waals surface area contributed by atoms with Gasteiger partial charge >= 0.3 is 0 Å². The Hall–Kier alpha value is -6.38. The van der Waals surface area contributed by atoms with Gasteiger partial charge in [0, 0.05) is 16.5 Å². The first kappa shape index (κ1) is 27.7. The highest BCUT2D eigenvalue weighted by Crippen LogP contribution is 2.57. The first-order valence-electron chi connectivity index (χ1n) is 16.8. The van der Waals surface area contributed by atoms with Gasteiger partial charge < -0.3 is 0 Å². The maximum atomic E-state index is 5.50. The summed E-state index contributed by atoms with van der Waals surface area (Å²) in [6, 6.07) is 65.5. The predicted molar refractivity (Wildman–Crippen MR) is 203 cm³/mol. The average Bonchev–Trinajstić information content (AvgIpc) is 3.47. The molecule has 0 fully saturated rings. The molecular weight excluding hydrogens is 593 g/mol. The molecule has 0 saturated carbocycles. The molecule has 10 rings (SSSR count). The normalized spacial score (nSPS) is 13.1. The lowest BCUT2D eigenvalue weighted by atomic mass is 9.67. The van der Waals surface area contributed by atoms with Gasteiger partial charge in [-0.2, -0.15) is 0 Å². The second-order valence-electron chi connectivity index (χ2n) is 12.9. The molecule has 1 aliphatic rings. The summed E-state index contributed by atoms with van der Waals surface area (Å²) in [4.78, 5) is 10.8. The highest BCUT2D eigenvalue weighted by Gasteiger charge is 2.46. The lowest BCUT2D eigenvalue weighted by molar-refractivity contribution is 0.769. The van der Waals surface area contributed by atoms with Crippen LogP contribution in [0.5, 0.6) is 0 Å². The molecule has 2 heteroatoms. The van der Waals surface area contributed by atoms with Crippen LogP contribution < -0.4 is 0 Å². The molecule has 0 unspecified atom stereocenters. The van der Waals surface area contributed by atoms with Gasteiger partial charge in [-0.3, -0.25) is 0 Å². The molecule has 49 heavy (non-hydrogen) atoms. The highest BCUT2D eigenvalue weighted by atomic mass is 14.8. The third-order valence-electron chi connectivity index (χ3n) is 10.3. The zero-order valence-electron chi connectivity index (χ0n) is 26.7. The monoisotopic (exact) mass is 622 g/mol. The molecule has 1 aromatic heterocycles. The first-order chi connectivity index (χ1) is 24.3. The van der Waals surface area contributed by atoms with Crippen molar-refractivity contribution in [3.63, 3.8) is 0 Å². The number of hydrogen-bond acceptors (Lipinski definition) is 2. The third-order valence-corrected chi connectivity index (χ3v) is 10.3. The Morgan fingerprint density at radius 2 is 1.00 bits per heavy atom. The fourth-order valence-electron chi connectivity index (χ4n) is 8.19. The van der Waals surface area contributed by atoms with Gasteiger partial charge in [-0.05, 0) is 67.7 Å². The summed E-state index contributed by atoms with van der Waals surface area (Å²) in [5.41, 5.74) is 12.9. The molecular formula is C47H30N2. The van der Waals surface area contributed by atoms with Crippen LogP contribution in [0, 0.1) is 0 Å². The molecule has 0 spiro atoms. The van der Waals surface area contributed by atoms with Crippen molar-refractivity contribution in [2.75, 3.05) is 0 Å². The minimum absolute atomic E-state index is 0.449. The van der Waals surface area contributed by atoms with Crippen LogP contribution in [-0.2, 0) is 5.41 Å². The largest absolute Gasteiger partial charge is 0.244 e. The van der Waals surface area contributed by atoms with E-state index in [0.29, 0.717) is 0 Å². The molecule has 0 bridgehead atoms. The standard InChI is InChI=1S/C47H30N2/c1-4-16-32(17-5-1)44-46(49-45-36-23-11-10-15-31(36)27-28-43(45)48-44)38-25-14-18-33-29-42-40(30-39(33)38)37-24-12-13-26-41(37)47(42,34-19-6-2-7-20-34)35-21-8-3-9-22-35/h1-30H. The van der Waals surface area contributed by atoms with Crippen LogP contribution in [0.2, 0.25) is 0 Å². The number of benzene rings is 8. The van der Waals surface area contributed by atoms with Crippen molar-refractivity contribution in [3.05, 3.63) is 204 Å². The maximum absolute atomic E-state index is 5.50. The van der Waals surface area contributed by atoms with Crippen molar-refractivity contribution >= 4 is 32.6 Å². The zero-order chi connectivity index (χ0) is 32.4. The van der Waals surface area contributed by atoms with Gasteiger partial charge in [0.1, 0.15) is 0 Å². The van der Waals surface area contributed by atoms with Crippen molar-refractivity contribution in [1.29, 1.82) is 0 Å². The molecule has 228 valence electrons. The molecule has 0 amide bonds. The number of aromatic nitrogens is 2. The average molecular weight is 623 g/mol. The van der Waals surface area contributed by atoms with E-state index in [0.717, 1.165) is 44.3 Å². The van der Waals surface area contributed by atoms with Crippen LogP contribution in [0.1, 0.15) is 22.3 Å². The van der Waals surface area contributed by atoms with Crippen molar-refractivity contribution in [3.8, 4) is 33.6 Å². The number of fused-ring (bicyclic) bond motifs is 7. The number of nitrogens with zero attached hydrogens (tertiary/aromatic N) is 2. The van der Waals surface area contributed by atoms with Crippen molar-refractivity contribution in [2.24, 2.45) is 0 Å². The van der Waals surface area contributed by atoms with Gasteiger partial charge in [0.25, 0.3) is 0 Å². The summed E-state index contributed by atoms with van der Waals surface area (Å²) in [5, 5.41) is 4.62. The summed E-state index contributed by atoms with van der Waals surface area (Å²) in [7, 11) is 0. The molecule has 0 N–H and O–H groups in total. The van der Waals surface area contributed by atoms with E-state index >= 15 is 0 Å². The van der Waals surface area contributed by atoms with Crippen LogP contribution in [0.25, 0.3) is 66.2 Å². The Morgan fingerprint density at radius 3 is 1.78 bits per heavy atom. The van der Waals surface area contributed by atoms with Crippen LogP contribution in [-0.4, -0.2) is 9.97 Å². The fraction of sp³-hybridized carbons (Fsp3) is 0.0213. The molecule has 0 atom stereocenters.